The second-order valence-corrected chi connectivity index (χ2v) is 6.60. The van der Waals surface area contributed by atoms with Crippen LogP contribution in [0.2, 0.25) is 6.55 Å². The van der Waals surface area contributed by atoms with Crippen LogP contribution in [-0.2, 0) is 22.9 Å². The maximum absolute atomic E-state index is 10.9. The summed E-state index contributed by atoms with van der Waals surface area (Å²) in [6.07, 6.45) is 0. The lowest BCUT2D eigenvalue weighted by Gasteiger charge is -2.31. The van der Waals surface area contributed by atoms with E-state index in [9.17, 15) is 9.59 Å². The minimum absolute atomic E-state index is 0.519. The van der Waals surface area contributed by atoms with Crippen LogP contribution in [0.4, 0.5) is 0 Å². The lowest BCUT2D eigenvalue weighted by Crippen LogP contribution is -2.49. The number of hydrogen-bond donors (Lipinski definition) is 0. The van der Waals surface area contributed by atoms with E-state index in [2.05, 4.69) is 0 Å². The first-order chi connectivity index (χ1) is 6.54. The average molecular weight is 234 g/mol. The topological polar surface area (TPSA) is 61.8 Å². The Labute approximate surface area is 91.1 Å². The van der Waals surface area contributed by atoms with Crippen molar-refractivity contribution in [3.8, 4) is 0 Å². The molecule has 0 fully saturated rings. The summed E-state index contributed by atoms with van der Waals surface area (Å²) in [6.45, 7) is 9.41. The molecule has 15 heavy (non-hydrogen) atoms. The van der Waals surface area contributed by atoms with Gasteiger partial charge in [0.1, 0.15) is 0 Å². The van der Waals surface area contributed by atoms with E-state index in [0.29, 0.717) is 0 Å². The molecule has 0 aromatic heterocycles. The molecule has 0 aromatic rings. The van der Waals surface area contributed by atoms with Gasteiger partial charge in [-0.05, 0) is 20.8 Å². The molecule has 0 radical (unpaired) electrons. The summed E-state index contributed by atoms with van der Waals surface area (Å²) >= 11 is 0. The minimum atomic E-state index is -3.21. The minimum Gasteiger partial charge on any atom is -0.465 e. The first-order valence-electron chi connectivity index (χ1n) is 4.63. The molecule has 0 aliphatic rings. The molecule has 6 heteroatoms. The van der Waals surface area contributed by atoms with Crippen LogP contribution in [-0.4, -0.2) is 26.3 Å². The monoisotopic (exact) mass is 234 g/mol. The highest BCUT2D eigenvalue weighted by Crippen LogP contribution is 2.19. The lowest BCUT2D eigenvalue weighted by molar-refractivity contribution is -0.144. The molecule has 0 aliphatic heterocycles. The fourth-order valence-electron chi connectivity index (χ4n) is 1.14. The van der Waals surface area contributed by atoms with Gasteiger partial charge in [-0.1, -0.05) is 0 Å². The fourth-order valence-corrected chi connectivity index (χ4v) is 3.42. The predicted molar refractivity (Wildman–Crippen MR) is 56.0 cm³/mol. The number of carbonyl (C=O) groups excluding carboxylic acids is 2. The number of hydrogen-bond acceptors (Lipinski definition) is 5. The third-order valence-electron chi connectivity index (χ3n) is 1.15. The highest BCUT2D eigenvalue weighted by molar-refractivity contribution is 6.62. The predicted octanol–water partition coefficient (Wildman–Crippen LogP) is 1.50. The van der Waals surface area contributed by atoms with Crippen molar-refractivity contribution < 1.29 is 22.9 Å². The molecule has 0 saturated heterocycles. The largest absolute Gasteiger partial charge is 0.633 e. The van der Waals surface area contributed by atoms with Crippen LogP contribution in [0, 0.1) is 0 Å². The zero-order valence-corrected chi connectivity index (χ0v) is 11.0. The van der Waals surface area contributed by atoms with Crippen molar-refractivity contribution >= 4 is 20.7 Å². The molecule has 0 aliphatic carbocycles. The Morgan fingerprint density at radius 1 is 1.00 bits per heavy atom. The standard InChI is InChI=1S/C9H18O5Si/c1-7(10)12-15(6,13-8(2)11)14-9(3,4)5/h1-6H3. The van der Waals surface area contributed by atoms with Gasteiger partial charge in [-0.25, -0.2) is 0 Å². The van der Waals surface area contributed by atoms with Gasteiger partial charge >= 0.3 is 8.80 Å². The Kier molecular flexibility index (Phi) is 4.48. The Balaban J connectivity index is 4.69. The smallest absolute Gasteiger partial charge is 0.465 e. The molecule has 0 saturated carbocycles. The average Bonchev–Trinajstić information content (AvgIpc) is 1.73. The van der Waals surface area contributed by atoms with Crippen LogP contribution in [0.5, 0.6) is 0 Å². The molecule has 88 valence electrons. The van der Waals surface area contributed by atoms with Crippen molar-refractivity contribution in [2.24, 2.45) is 0 Å². The fraction of sp³-hybridized carbons (Fsp3) is 0.778. The zero-order valence-electron chi connectivity index (χ0n) is 10.0. The third kappa shape index (κ3) is 7.09. The Bertz CT molecular complexity index is 240. The highest BCUT2D eigenvalue weighted by Gasteiger charge is 2.45. The normalized spacial score (nSPS) is 12.1. The van der Waals surface area contributed by atoms with E-state index >= 15 is 0 Å². The van der Waals surface area contributed by atoms with E-state index in [-0.39, 0.29) is 0 Å². The van der Waals surface area contributed by atoms with E-state index in [1.54, 1.807) is 20.8 Å². The first-order valence-corrected chi connectivity index (χ1v) is 6.86. The van der Waals surface area contributed by atoms with Gasteiger partial charge in [-0.3, -0.25) is 9.59 Å². The maximum atomic E-state index is 10.9. The third-order valence-corrected chi connectivity index (χ3v) is 3.45. The summed E-state index contributed by atoms with van der Waals surface area (Å²) < 4.78 is 15.4. The summed E-state index contributed by atoms with van der Waals surface area (Å²) in [6, 6.07) is 0. The van der Waals surface area contributed by atoms with Crippen LogP contribution in [0.25, 0.3) is 0 Å². The molecule has 0 atom stereocenters. The first kappa shape index (κ1) is 14.1. The molecule has 0 aromatic carbocycles. The molecule has 0 spiro atoms. The summed E-state index contributed by atoms with van der Waals surface area (Å²) in [4.78, 5) is 21.7. The lowest BCUT2D eigenvalue weighted by atomic mass is 10.2. The van der Waals surface area contributed by atoms with Crippen LogP contribution in [0.3, 0.4) is 0 Å². The summed E-state index contributed by atoms with van der Waals surface area (Å²) in [7, 11) is -3.21. The molecule has 0 bridgehead atoms. The van der Waals surface area contributed by atoms with E-state index in [4.69, 9.17) is 13.3 Å². The van der Waals surface area contributed by atoms with E-state index in [0.717, 1.165) is 0 Å². The van der Waals surface area contributed by atoms with Crippen LogP contribution in [0.15, 0.2) is 0 Å². The van der Waals surface area contributed by atoms with Gasteiger partial charge < -0.3 is 13.3 Å². The summed E-state index contributed by atoms with van der Waals surface area (Å²) in [5, 5.41) is 0. The molecular formula is C9H18O5Si. The van der Waals surface area contributed by atoms with E-state index in [1.165, 1.54) is 20.4 Å². The van der Waals surface area contributed by atoms with Crippen molar-refractivity contribution in [3.63, 3.8) is 0 Å². The molecule has 0 heterocycles. The maximum Gasteiger partial charge on any atom is 0.633 e. The summed E-state index contributed by atoms with van der Waals surface area (Å²) in [5.74, 6) is -1.04. The zero-order chi connectivity index (χ0) is 12.3. The van der Waals surface area contributed by atoms with Gasteiger partial charge in [0.15, 0.2) is 0 Å². The van der Waals surface area contributed by atoms with Crippen molar-refractivity contribution in [1.82, 2.24) is 0 Å². The van der Waals surface area contributed by atoms with Crippen molar-refractivity contribution in [1.29, 1.82) is 0 Å². The van der Waals surface area contributed by atoms with E-state index < -0.39 is 26.3 Å². The molecule has 0 rings (SSSR count). The molecule has 0 amide bonds. The molecule has 0 N–H and O–H groups in total. The van der Waals surface area contributed by atoms with Gasteiger partial charge in [-0.15, -0.1) is 0 Å². The van der Waals surface area contributed by atoms with Crippen LogP contribution >= 0.6 is 0 Å². The van der Waals surface area contributed by atoms with E-state index in [1.807, 2.05) is 0 Å². The van der Waals surface area contributed by atoms with Gasteiger partial charge in [0.25, 0.3) is 11.9 Å². The Morgan fingerprint density at radius 3 is 1.53 bits per heavy atom. The Hall–Kier alpha value is -0.883. The van der Waals surface area contributed by atoms with Gasteiger partial charge in [0.2, 0.25) is 0 Å². The second kappa shape index (κ2) is 4.76. The van der Waals surface area contributed by atoms with Crippen LogP contribution < -0.4 is 0 Å². The quantitative estimate of drug-likeness (QED) is 0.692. The SMILES string of the molecule is CC(=O)O[Si](C)(OC(C)=O)OC(C)(C)C. The molecule has 5 nitrogen and oxygen atoms in total. The Morgan fingerprint density at radius 2 is 1.33 bits per heavy atom. The number of carbonyl (C=O) groups is 2. The van der Waals surface area contributed by atoms with Gasteiger partial charge in [-0.2, -0.15) is 0 Å². The highest BCUT2D eigenvalue weighted by atomic mass is 28.4. The van der Waals surface area contributed by atoms with Crippen molar-refractivity contribution in [3.05, 3.63) is 0 Å². The van der Waals surface area contributed by atoms with Gasteiger partial charge in [0, 0.05) is 20.4 Å². The number of rotatable bonds is 3. The van der Waals surface area contributed by atoms with Crippen LogP contribution in [0.1, 0.15) is 34.6 Å². The summed E-state index contributed by atoms with van der Waals surface area (Å²) in [5.41, 5.74) is -0.536. The second-order valence-electron chi connectivity index (χ2n) is 4.26. The van der Waals surface area contributed by atoms with Crippen molar-refractivity contribution in [2.75, 3.05) is 0 Å². The molecule has 0 unspecified atom stereocenters. The van der Waals surface area contributed by atoms with Gasteiger partial charge in [0.05, 0.1) is 5.60 Å². The molecular weight excluding hydrogens is 216 g/mol. The van der Waals surface area contributed by atoms with Crippen molar-refractivity contribution in [2.45, 2.75) is 46.8 Å².